The van der Waals surface area contributed by atoms with E-state index in [1.54, 1.807) is 9.80 Å². The summed E-state index contributed by atoms with van der Waals surface area (Å²) in [6.45, 7) is 8.28. The van der Waals surface area contributed by atoms with Gasteiger partial charge in [0.05, 0.1) is 16.6 Å². The highest BCUT2D eigenvalue weighted by Crippen LogP contribution is 2.42. The average molecular weight is 478 g/mol. The third-order valence-corrected chi connectivity index (χ3v) is 7.38. The van der Waals surface area contributed by atoms with E-state index in [0.717, 1.165) is 49.1 Å². The Kier molecular flexibility index (Phi) is 10.4. The fourth-order valence-electron chi connectivity index (χ4n) is 4.27. The number of rotatable bonds is 13. The molecule has 3 atom stereocenters. The Balaban J connectivity index is 1.84. The molecule has 184 valence electrons. The SMILES string of the molecule is CCCCCCC1NC(C#N)c2sc(N3COCN(CCCC)C3=O)nc2C1OCCCC. The van der Waals surface area contributed by atoms with Gasteiger partial charge in [-0.05, 0) is 19.3 Å². The number of nitriles is 1. The van der Waals surface area contributed by atoms with Gasteiger partial charge in [-0.25, -0.2) is 14.7 Å². The number of aromatic nitrogens is 1. The van der Waals surface area contributed by atoms with Gasteiger partial charge in [-0.15, -0.1) is 0 Å². The van der Waals surface area contributed by atoms with Crippen LogP contribution >= 0.6 is 11.3 Å². The number of anilines is 1. The van der Waals surface area contributed by atoms with E-state index in [1.807, 2.05) is 0 Å². The molecule has 33 heavy (non-hydrogen) atoms. The summed E-state index contributed by atoms with van der Waals surface area (Å²) in [6, 6.07) is 1.92. The van der Waals surface area contributed by atoms with Crippen molar-refractivity contribution in [2.75, 3.05) is 31.5 Å². The van der Waals surface area contributed by atoms with Crippen LogP contribution in [0.2, 0.25) is 0 Å². The number of nitrogens with one attached hydrogen (secondary N) is 1. The fourth-order valence-corrected chi connectivity index (χ4v) is 5.35. The number of nitrogens with zero attached hydrogens (tertiary/aromatic N) is 4. The molecule has 0 bridgehead atoms. The number of carbonyl (C=O) groups excluding carboxylic acids is 1. The smallest absolute Gasteiger partial charge is 0.330 e. The highest BCUT2D eigenvalue weighted by atomic mass is 32.1. The minimum atomic E-state index is -0.439. The zero-order valence-corrected chi connectivity index (χ0v) is 21.2. The molecule has 3 heterocycles. The Hall–Kier alpha value is -1.73. The van der Waals surface area contributed by atoms with Gasteiger partial charge in [-0.1, -0.05) is 70.6 Å². The van der Waals surface area contributed by atoms with Crippen LogP contribution in [0.1, 0.15) is 101 Å². The summed E-state index contributed by atoms with van der Waals surface area (Å²) in [6.07, 6.45) is 9.40. The zero-order valence-electron chi connectivity index (χ0n) is 20.3. The zero-order chi connectivity index (χ0) is 23.6. The summed E-state index contributed by atoms with van der Waals surface area (Å²) in [5, 5.41) is 14.0. The third kappa shape index (κ3) is 6.44. The Bertz CT molecular complexity index is 796. The Labute approximate surface area is 202 Å². The first-order valence-electron chi connectivity index (χ1n) is 12.6. The lowest BCUT2D eigenvalue weighted by molar-refractivity contribution is 0.00962. The number of thiazole rings is 1. The van der Waals surface area contributed by atoms with Gasteiger partial charge in [0.15, 0.2) is 5.13 Å². The number of urea groups is 1. The highest BCUT2D eigenvalue weighted by Gasteiger charge is 2.40. The van der Waals surface area contributed by atoms with Crippen molar-refractivity contribution in [3.8, 4) is 6.07 Å². The van der Waals surface area contributed by atoms with Crippen LogP contribution in [0.3, 0.4) is 0 Å². The van der Waals surface area contributed by atoms with Crippen molar-refractivity contribution < 1.29 is 14.3 Å². The molecule has 1 aromatic rings. The molecular weight excluding hydrogens is 438 g/mol. The number of hydrogen-bond donors (Lipinski definition) is 1. The summed E-state index contributed by atoms with van der Waals surface area (Å²) in [5.74, 6) is 0. The van der Waals surface area contributed by atoms with E-state index in [2.05, 4.69) is 32.2 Å². The van der Waals surface area contributed by atoms with Crippen molar-refractivity contribution in [2.45, 2.75) is 96.7 Å². The molecule has 0 aliphatic carbocycles. The fraction of sp³-hybridized carbons (Fsp3) is 0.792. The van der Waals surface area contributed by atoms with Gasteiger partial charge < -0.3 is 14.4 Å². The summed E-state index contributed by atoms with van der Waals surface area (Å²) in [5.41, 5.74) is 0.815. The first-order chi connectivity index (χ1) is 16.1. The molecule has 1 N–H and O–H groups in total. The Morgan fingerprint density at radius 2 is 1.94 bits per heavy atom. The summed E-state index contributed by atoms with van der Waals surface area (Å²) in [4.78, 5) is 22.1. The first-order valence-corrected chi connectivity index (χ1v) is 13.4. The molecule has 0 radical (unpaired) electrons. The standard InChI is InChI=1S/C24H39N5O3S/c1-4-7-10-11-12-18-21(32-14-9-6-3)20-22(19(15-25)26-18)33-23(27-20)29-17-31-16-28(24(29)30)13-8-5-2/h18-19,21,26H,4-14,16-17H2,1-3H3. The highest BCUT2D eigenvalue weighted by molar-refractivity contribution is 7.16. The van der Waals surface area contributed by atoms with Crippen molar-refractivity contribution in [1.82, 2.24) is 15.2 Å². The summed E-state index contributed by atoms with van der Waals surface area (Å²) < 4.78 is 12.0. The van der Waals surface area contributed by atoms with Crippen molar-refractivity contribution >= 4 is 22.5 Å². The summed E-state index contributed by atoms with van der Waals surface area (Å²) >= 11 is 1.40. The van der Waals surface area contributed by atoms with Gasteiger partial charge in [-0.3, -0.25) is 5.32 Å². The number of carbonyl (C=O) groups is 1. The number of hydrogen-bond acceptors (Lipinski definition) is 7. The van der Waals surface area contributed by atoms with Crippen LogP contribution in [-0.2, 0) is 9.47 Å². The van der Waals surface area contributed by atoms with Crippen LogP contribution in [0, 0.1) is 11.3 Å². The van der Waals surface area contributed by atoms with Gasteiger partial charge in [0.1, 0.15) is 25.6 Å². The number of ether oxygens (including phenoxy) is 2. The second kappa shape index (κ2) is 13.2. The van der Waals surface area contributed by atoms with Crippen molar-refractivity contribution in [3.05, 3.63) is 10.6 Å². The maximum atomic E-state index is 13.1. The number of amides is 2. The molecule has 3 rings (SSSR count). The van der Waals surface area contributed by atoms with E-state index in [-0.39, 0.29) is 24.9 Å². The molecule has 0 spiro atoms. The molecule has 0 saturated carbocycles. The van der Waals surface area contributed by atoms with E-state index < -0.39 is 6.04 Å². The monoisotopic (exact) mass is 477 g/mol. The Morgan fingerprint density at radius 3 is 2.67 bits per heavy atom. The van der Waals surface area contributed by atoms with Crippen LogP contribution < -0.4 is 10.2 Å². The molecule has 2 aliphatic heterocycles. The molecule has 1 fully saturated rings. The lowest BCUT2D eigenvalue weighted by Crippen LogP contribution is -2.51. The molecule has 1 aromatic heterocycles. The van der Waals surface area contributed by atoms with Gasteiger partial charge in [0, 0.05) is 19.2 Å². The normalized spacial score (nSPS) is 23.0. The van der Waals surface area contributed by atoms with E-state index in [1.165, 1.54) is 30.6 Å². The average Bonchev–Trinajstić information content (AvgIpc) is 3.27. The second-order valence-electron chi connectivity index (χ2n) is 8.87. The quantitative estimate of drug-likeness (QED) is 0.378. The largest absolute Gasteiger partial charge is 0.370 e. The van der Waals surface area contributed by atoms with E-state index in [0.29, 0.717) is 25.0 Å². The van der Waals surface area contributed by atoms with Crippen LogP contribution in [0.15, 0.2) is 0 Å². The number of unbranched alkanes of at least 4 members (excludes halogenated alkanes) is 5. The van der Waals surface area contributed by atoms with Crippen molar-refractivity contribution in [2.24, 2.45) is 0 Å². The van der Waals surface area contributed by atoms with Gasteiger partial charge in [0.2, 0.25) is 0 Å². The molecule has 9 heteroatoms. The van der Waals surface area contributed by atoms with Gasteiger partial charge >= 0.3 is 6.03 Å². The van der Waals surface area contributed by atoms with E-state index in [9.17, 15) is 10.1 Å². The minimum Gasteiger partial charge on any atom is -0.370 e. The van der Waals surface area contributed by atoms with Crippen LogP contribution in [0.5, 0.6) is 0 Å². The van der Waals surface area contributed by atoms with Crippen LogP contribution in [0.25, 0.3) is 0 Å². The maximum Gasteiger partial charge on any atom is 0.330 e. The van der Waals surface area contributed by atoms with Crippen molar-refractivity contribution in [1.29, 1.82) is 5.26 Å². The molecule has 1 saturated heterocycles. The van der Waals surface area contributed by atoms with Gasteiger partial charge in [0.25, 0.3) is 0 Å². The van der Waals surface area contributed by atoms with Crippen LogP contribution in [-0.4, -0.2) is 48.6 Å². The number of fused-ring (bicyclic) bond motifs is 1. The predicted molar refractivity (Wildman–Crippen MR) is 130 cm³/mol. The molecular formula is C24H39N5O3S. The molecule has 2 aliphatic rings. The second-order valence-corrected chi connectivity index (χ2v) is 9.87. The maximum absolute atomic E-state index is 13.1. The third-order valence-electron chi connectivity index (χ3n) is 6.22. The van der Waals surface area contributed by atoms with E-state index >= 15 is 0 Å². The predicted octanol–water partition coefficient (Wildman–Crippen LogP) is 5.48. The van der Waals surface area contributed by atoms with E-state index in [4.69, 9.17) is 14.5 Å². The minimum absolute atomic E-state index is 0.0418. The van der Waals surface area contributed by atoms with Crippen molar-refractivity contribution in [3.63, 3.8) is 0 Å². The molecule has 0 aromatic carbocycles. The molecule has 8 nitrogen and oxygen atoms in total. The topological polar surface area (TPSA) is 90.7 Å². The van der Waals surface area contributed by atoms with Gasteiger partial charge in [-0.2, -0.15) is 5.26 Å². The molecule has 3 unspecified atom stereocenters. The Morgan fingerprint density at radius 1 is 1.15 bits per heavy atom. The lowest BCUT2D eigenvalue weighted by Gasteiger charge is -2.34. The first kappa shape index (κ1) is 25.9. The molecule has 2 amide bonds. The lowest BCUT2D eigenvalue weighted by atomic mass is 9.93. The van der Waals surface area contributed by atoms with Crippen LogP contribution in [0.4, 0.5) is 9.93 Å². The summed E-state index contributed by atoms with van der Waals surface area (Å²) in [7, 11) is 0.